The van der Waals surface area contributed by atoms with Gasteiger partial charge in [0, 0.05) is 26.1 Å². The number of nitrogens with zero attached hydrogens (tertiary/aromatic N) is 1. The van der Waals surface area contributed by atoms with Crippen molar-refractivity contribution in [1.82, 2.24) is 4.31 Å². The number of cyclic esters (lactones) is 1. The van der Waals surface area contributed by atoms with E-state index in [4.69, 9.17) is 9.47 Å². The van der Waals surface area contributed by atoms with Crippen LogP contribution in [-0.4, -0.2) is 56.4 Å². The number of rotatable bonds is 6. The number of nitrogens with one attached hydrogen (secondary N) is 1. The van der Waals surface area contributed by atoms with E-state index >= 15 is 0 Å². The van der Waals surface area contributed by atoms with Crippen LogP contribution in [0.1, 0.15) is 20.3 Å². The number of amides is 1. The normalized spacial score (nSPS) is 19.9. The maximum Gasteiger partial charge on any atom is 0.347 e. The van der Waals surface area contributed by atoms with Crippen LogP contribution in [0, 0.1) is 0 Å². The van der Waals surface area contributed by atoms with Gasteiger partial charge in [0.05, 0.1) is 4.90 Å². The fraction of sp³-hybridized carbons (Fsp3) is 0.438. The van der Waals surface area contributed by atoms with Crippen LogP contribution in [-0.2, 0) is 33.9 Å². The SMILES string of the molecule is CC(=O)Nc1ccc(S(=O)(=O)N(C)CC(=O)O[C@H]2C[C@H](C)OC2=O)cc1. The third-order valence-electron chi connectivity index (χ3n) is 3.63. The molecule has 0 radical (unpaired) electrons. The summed E-state index contributed by atoms with van der Waals surface area (Å²) in [6, 6.07) is 5.52. The summed E-state index contributed by atoms with van der Waals surface area (Å²) in [5.74, 6) is -1.76. The molecule has 26 heavy (non-hydrogen) atoms. The molecule has 1 fully saturated rings. The number of anilines is 1. The molecule has 1 aliphatic rings. The van der Waals surface area contributed by atoms with Gasteiger partial charge in [-0.15, -0.1) is 0 Å². The molecule has 2 rings (SSSR count). The van der Waals surface area contributed by atoms with Gasteiger partial charge < -0.3 is 14.8 Å². The summed E-state index contributed by atoms with van der Waals surface area (Å²) in [5, 5.41) is 2.53. The molecule has 1 N–H and O–H groups in total. The Morgan fingerprint density at radius 2 is 1.92 bits per heavy atom. The molecule has 0 saturated carbocycles. The van der Waals surface area contributed by atoms with E-state index in [9.17, 15) is 22.8 Å². The molecule has 0 unspecified atom stereocenters. The van der Waals surface area contributed by atoms with Crippen LogP contribution in [0.4, 0.5) is 5.69 Å². The molecular formula is C16H20N2O7S. The highest BCUT2D eigenvalue weighted by molar-refractivity contribution is 7.89. The molecule has 1 heterocycles. The molecule has 0 aliphatic carbocycles. The third-order valence-corrected chi connectivity index (χ3v) is 5.45. The standard InChI is InChI=1S/C16H20N2O7S/c1-10-8-14(16(21)24-10)25-15(20)9-18(3)26(22,23)13-6-4-12(5-7-13)17-11(2)19/h4-7,10,14H,8-9H2,1-3H3,(H,17,19)/t10-,14-/m0/s1. The van der Waals surface area contributed by atoms with Crippen molar-refractivity contribution in [1.29, 1.82) is 0 Å². The first-order chi connectivity index (χ1) is 12.1. The lowest BCUT2D eigenvalue weighted by atomic mass is 10.2. The van der Waals surface area contributed by atoms with E-state index in [0.29, 0.717) is 5.69 Å². The second-order valence-corrected chi connectivity index (χ2v) is 7.97. The number of carbonyl (C=O) groups is 3. The van der Waals surface area contributed by atoms with Crippen LogP contribution in [0.2, 0.25) is 0 Å². The summed E-state index contributed by atoms with van der Waals surface area (Å²) >= 11 is 0. The first-order valence-corrected chi connectivity index (χ1v) is 9.27. The van der Waals surface area contributed by atoms with Gasteiger partial charge in [-0.2, -0.15) is 4.31 Å². The third kappa shape index (κ3) is 4.79. The summed E-state index contributed by atoms with van der Waals surface area (Å²) in [6.45, 7) is 2.46. The van der Waals surface area contributed by atoms with E-state index in [1.807, 2.05) is 0 Å². The molecule has 2 atom stereocenters. The smallest absolute Gasteiger partial charge is 0.347 e. The number of benzene rings is 1. The summed E-state index contributed by atoms with van der Waals surface area (Å²) < 4.78 is 35.7. The maximum absolute atomic E-state index is 12.5. The summed E-state index contributed by atoms with van der Waals surface area (Å²) in [7, 11) is -2.70. The van der Waals surface area contributed by atoms with Crippen molar-refractivity contribution >= 4 is 33.6 Å². The minimum absolute atomic E-state index is 0.0456. The van der Waals surface area contributed by atoms with Crippen LogP contribution in [0.25, 0.3) is 0 Å². The Labute approximate surface area is 151 Å². The average molecular weight is 384 g/mol. The Bertz CT molecular complexity index is 804. The van der Waals surface area contributed by atoms with Crippen molar-refractivity contribution in [2.75, 3.05) is 18.9 Å². The van der Waals surface area contributed by atoms with Gasteiger partial charge in [-0.05, 0) is 31.2 Å². The molecule has 1 amide bonds. The molecule has 10 heteroatoms. The predicted octanol–water partition coefficient (Wildman–Crippen LogP) is 0.513. The highest BCUT2D eigenvalue weighted by Gasteiger charge is 2.35. The number of sulfonamides is 1. The van der Waals surface area contributed by atoms with E-state index in [2.05, 4.69) is 5.32 Å². The lowest BCUT2D eigenvalue weighted by Gasteiger charge is -2.17. The second kappa shape index (κ2) is 7.83. The lowest BCUT2D eigenvalue weighted by molar-refractivity contribution is -0.160. The minimum atomic E-state index is -3.93. The van der Waals surface area contributed by atoms with Crippen molar-refractivity contribution in [2.24, 2.45) is 0 Å². The quantitative estimate of drug-likeness (QED) is 0.710. The largest absolute Gasteiger partial charge is 0.460 e. The molecule has 1 saturated heterocycles. The van der Waals surface area contributed by atoms with Gasteiger partial charge in [-0.25, -0.2) is 13.2 Å². The fourth-order valence-electron chi connectivity index (χ4n) is 2.37. The number of likely N-dealkylation sites (N-methyl/N-ethyl adjacent to an activating group) is 1. The molecule has 1 aromatic carbocycles. The van der Waals surface area contributed by atoms with Gasteiger partial charge in [0.2, 0.25) is 22.0 Å². The number of carbonyl (C=O) groups excluding carboxylic acids is 3. The monoisotopic (exact) mass is 384 g/mol. The maximum atomic E-state index is 12.5. The van der Waals surface area contributed by atoms with E-state index < -0.39 is 34.6 Å². The van der Waals surface area contributed by atoms with Crippen LogP contribution < -0.4 is 5.32 Å². The topological polar surface area (TPSA) is 119 Å². The molecule has 0 aromatic heterocycles. The van der Waals surface area contributed by atoms with Crippen LogP contribution in [0.3, 0.4) is 0 Å². The lowest BCUT2D eigenvalue weighted by Crippen LogP contribution is -2.35. The number of hydrogen-bond acceptors (Lipinski definition) is 7. The Morgan fingerprint density at radius 1 is 1.31 bits per heavy atom. The Morgan fingerprint density at radius 3 is 2.42 bits per heavy atom. The highest BCUT2D eigenvalue weighted by Crippen LogP contribution is 2.19. The zero-order valence-corrected chi connectivity index (χ0v) is 15.4. The Balaban J connectivity index is 2.00. The number of esters is 2. The zero-order chi connectivity index (χ0) is 19.5. The van der Waals surface area contributed by atoms with Crippen LogP contribution >= 0.6 is 0 Å². The second-order valence-electron chi connectivity index (χ2n) is 5.93. The van der Waals surface area contributed by atoms with Gasteiger partial charge in [0.25, 0.3) is 0 Å². The van der Waals surface area contributed by atoms with E-state index in [1.54, 1.807) is 6.92 Å². The molecule has 1 aliphatic heterocycles. The first-order valence-electron chi connectivity index (χ1n) is 7.83. The van der Waals surface area contributed by atoms with Crippen LogP contribution in [0.15, 0.2) is 29.2 Å². The molecule has 0 bridgehead atoms. The van der Waals surface area contributed by atoms with Crippen molar-refractivity contribution in [2.45, 2.75) is 37.4 Å². The van der Waals surface area contributed by atoms with Gasteiger partial charge in [0.1, 0.15) is 12.6 Å². The Hall–Kier alpha value is -2.46. The summed E-state index contributed by atoms with van der Waals surface area (Å²) in [5.41, 5.74) is 0.451. The van der Waals surface area contributed by atoms with Gasteiger partial charge in [0.15, 0.2) is 0 Å². The molecule has 9 nitrogen and oxygen atoms in total. The first kappa shape index (κ1) is 19.9. The number of hydrogen-bond donors (Lipinski definition) is 1. The predicted molar refractivity (Wildman–Crippen MR) is 90.6 cm³/mol. The molecular weight excluding hydrogens is 364 g/mol. The van der Waals surface area contributed by atoms with E-state index in [-0.39, 0.29) is 23.3 Å². The molecule has 0 spiro atoms. The summed E-state index contributed by atoms with van der Waals surface area (Å²) in [6.07, 6.45) is -1.11. The fourth-order valence-corrected chi connectivity index (χ4v) is 3.49. The van der Waals surface area contributed by atoms with Gasteiger partial charge in [-0.1, -0.05) is 0 Å². The van der Waals surface area contributed by atoms with Crippen molar-refractivity contribution < 1.29 is 32.3 Å². The van der Waals surface area contributed by atoms with Crippen molar-refractivity contribution in [3.8, 4) is 0 Å². The highest BCUT2D eigenvalue weighted by atomic mass is 32.2. The van der Waals surface area contributed by atoms with Crippen molar-refractivity contribution in [3.05, 3.63) is 24.3 Å². The molecule has 1 aromatic rings. The van der Waals surface area contributed by atoms with Gasteiger partial charge >= 0.3 is 11.9 Å². The van der Waals surface area contributed by atoms with Crippen molar-refractivity contribution in [3.63, 3.8) is 0 Å². The summed E-state index contributed by atoms with van der Waals surface area (Å²) in [4.78, 5) is 34.3. The van der Waals surface area contributed by atoms with E-state index in [1.165, 1.54) is 38.2 Å². The minimum Gasteiger partial charge on any atom is -0.460 e. The molecule has 142 valence electrons. The Kier molecular flexibility index (Phi) is 5.98. The number of ether oxygens (including phenoxy) is 2. The van der Waals surface area contributed by atoms with E-state index in [0.717, 1.165) is 4.31 Å². The van der Waals surface area contributed by atoms with Crippen LogP contribution in [0.5, 0.6) is 0 Å². The average Bonchev–Trinajstić information content (AvgIpc) is 2.84. The zero-order valence-electron chi connectivity index (χ0n) is 14.6. The van der Waals surface area contributed by atoms with Gasteiger partial charge in [-0.3, -0.25) is 9.59 Å².